The van der Waals surface area contributed by atoms with Crippen molar-refractivity contribution in [2.45, 2.75) is 37.1 Å². The molecule has 1 aromatic rings. The van der Waals surface area contributed by atoms with E-state index in [1.807, 2.05) is 6.07 Å². The van der Waals surface area contributed by atoms with E-state index in [4.69, 9.17) is 0 Å². The summed E-state index contributed by atoms with van der Waals surface area (Å²) in [5.74, 6) is 0. The summed E-state index contributed by atoms with van der Waals surface area (Å²) < 4.78 is 24.2. The van der Waals surface area contributed by atoms with Gasteiger partial charge in [0, 0.05) is 11.4 Å². The van der Waals surface area contributed by atoms with Gasteiger partial charge >= 0.3 is 0 Å². The zero-order valence-electron chi connectivity index (χ0n) is 11.3. The van der Waals surface area contributed by atoms with Crippen molar-refractivity contribution in [1.82, 2.24) is 4.90 Å². The molecule has 2 rings (SSSR count). The Balaban J connectivity index is 2.05. The second-order valence-corrected chi connectivity index (χ2v) is 6.86. The third kappa shape index (κ3) is 3.91. The number of sulfone groups is 1. The summed E-state index contributed by atoms with van der Waals surface area (Å²) in [5.41, 5.74) is 0. The van der Waals surface area contributed by atoms with Crippen molar-refractivity contribution in [2.75, 3.05) is 13.1 Å². The minimum absolute atomic E-state index is 0.179. The lowest BCUT2D eigenvalue weighted by molar-refractivity contribution is 0.201. The predicted octanol–water partition coefficient (Wildman–Crippen LogP) is 2.85. The molecule has 3 nitrogen and oxygen atoms in total. The van der Waals surface area contributed by atoms with E-state index in [9.17, 15) is 8.42 Å². The Hall–Kier alpha value is -1.13. The zero-order chi connectivity index (χ0) is 13.7. The first-order valence-electron chi connectivity index (χ1n) is 6.82. The quantitative estimate of drug-likeness (QED) is 0.850. The molecule has 0 spiro atoms. The van der Waals surface area contributed by atoms with Crippen molar-refractivity contribution < 1.29 is 8.42 Å². The van der Waals surface area contributed by atoms with Gasteiger partial charge in [-0.3, -0.25) is 4.90 Å². The number of nitrogens with zero attached hydrogens (tertiary/aromatic N) is 1. The van der Waals surface area contributed by atoms with Gasteiger partial charge in [0.25, 0.3) is 0 Å². The molecule has 0 bridgehead atoms. The van der Waals surface area contributed by atoms with Crippen molar-refractivity contribution in [1.29, 1.82) is 0 Å². The highest BCUT2D eigenvalue weighted by molar-refractivity contribution is 7.94. The van der Waals surface area contributed by atoms with Crippen LogP contribution in [0.4, 0.5) is 0 Å². The van der Waals surface area contributed by atoms with Gasteiger partial charge in [-0.1, -0.05) is 30.7 Å². The summed E-state index contributed by atoms with van der Waals surface area (Å²) in [4.78, 5) is 2.69. The molecule has 4 heteroatoms. The smallest absolute Gasteiger partial charge is 0.199 e. The summed E-state index contributed by atoms with van der Waals surface area (Å²) in [6, 6.07) is 8.75. The SMILES string of the molecule is C[C@@H](/C=C/S(=O)(=O)c1ccccc1)N1CCCCC1. The van der Waals surface area contributed by atoms with E-state index in [-0.39, 0.29) is 6.04 Å². The van der Waals surface area contributed by atoms with Crippen molar-refractivity contribution >= 4 is 9.84 Å². The van der Waals surface area contributed by atoms with Crippen LogP contribution in [0.15, 0.2) is 46.7 Å². The molecule has 0 unspecified atom stereocenters. The fourth-order valence-corrected chi connectivity index (χ4v) is 3.48. The van der Waals surface area contributed by atoms with E-state index in [0.29, 0.717) is 4.90 Å². The van der Waals surface area contributed by atoms with Crippen LogP contribution in [0.25, 0.3) is 0 Å². The van der Waals surface area contributed by atoms with Crippen LogP contribution >= 0.6 is 0 Å². The largest absolute Gasteiger partial charge is 0.297 e. The Morgan fingerprint density at radius 2 is 1.74 bits per heavy atom. The van der Waals surface area contributed by atoms with E-state index in [1.54, 1.807) is 30.3 Å². The number of likely N-dealkylation sites (tertiary alicyclic amines) is 1. The number of hydrogen-bond donors (Lipinski definition) is 0. The van der Waals surface area contributed by atoms with Crippen LogP contribution in [0.5, 0.6) is 0 Å². The van der Waals surface area contributed by atoms with Gasteiger partial charge in [0.1, 0.15) is 0 Å². The summed E-state index contributed by atoms with van der Waals surface area (Å²) in [6.45, 7) is 4.19. The maximum absolute atomic E-state index is 12.1. The monoisotopic (exact) mass is 279 g/mol. The topological polar surface area (TPSA) is 37.4 Å². The van der Waals surface area contributed by atoms with E-state index in [1.165, 1.54) is 24.7 Å². The van der Waals surface area contributed by atoms with Gasteiger partial charge in [-0.25, -0.2) is 8.42 Å². The maximum Gasteiger partial charge on any atom is 0.199 e. The molecule has 1 atom stereocenters. The Bertz CT molecular complexity index is 516. The first-order valence-corrected chi connectivity index (χ1v) is 8.36. The Kier molecular flexibility index (Phi) is 4.77. The lowest BCUT2D eigenvalue weighted by Crippen LogP contribution is -2.36. The molecule has 1 saturated heterocycles. The molecule has 1 aromatic carbocycles. The minimum Gasteiger partial charge on any atom is -0.297 e. The highest BCUT2D eigenvalue weighted by Crippen LogP contribution is 2.15. The molecule has 0 saturated carbocycles. The third-order valence-corrected chi connectivity index (χ3v) is 5.02. The molecule has 0 aliphatic carbocycles. The highest BCUT2D eigenvalue weighted by atomic mass is 32.2. The number of hydrogen-bond acceptors (Lipinski definition) is 3. The molecular weight excluding hydrogens is 258 g/mol. The van der Waals surface area contributed by atoms with Crippen LogP contribution in [0, 0.1) is 0 Å². The summed E-state index contributed by atoms with van der Waals surface area (Å²) in [5, 5.41) is 1.35. The standard InChI is InChI=1S/C15H21NO2S/c1-14(16-11-6-3-7-12-16)10-13-19(17,18)15-8-4-2-5-9-15/h2,4-5,8-10,13-14H,3,6-7,11-12H2,1H3/b13-10+/t14-/m0/s1. The van der Waals surface area contributed by atoms with Gasteiger partial charge in [0.2, 0.25) is 0 Å². The highest BCUT2D eigenvalue weighted by Gasteiger charge is 2.16. The predicted molar refractivity (Wildman–Crippen MR) is 77.7 cm³/mol. The Labute approximate surface area is 115 Å². The third-order valence-electron chi connectivity index (χ3n) is 3.57. The average molecular weight is 279 g/mol. The van der Waals surface area contributed by atoms with Crippen molar-refractivity contribution in [2.24, 2.45) is 0 Å². The molecule has 0 amide bonds. The second kappa shape index (κ2) is 6.35. The average Bonchev–Trinajstić information content (AvgIpc) is 2.47. The molecule has 104 valence electrons. The molecule has 0 N–H and O–H groups in total. The molecule has 1 aliphatic rings. The number of piperidine rings is 1. The zero-order valence-corrected chi connectivity index (χ0v) is 12.1. The van der Waals surface area contributed by atoms with Gasteiger partial charge in [-0.05, 0) is 45.0 Å². The van der Waals surface area contributed by atoms with Gasteiger partial charge < -0.3 is 0 Å². The number of rotatable bonds is 4. The van der Waals surface area contributed by atoms with E-state index < -0.39 is 9.84 Å². The number of benzene rings is 1. The van der Waals surface area contributed by atoms with Gasteiger partial charge in [-0.15, -0.1) is 0 Å². The molecule has 0 aromatic heterocycles. The van der Waals surface area contributed by atoms with Crippen molar-refractivity contribution in [3.63, 3.8) is 0 Å². The van der Waals surface area contributed by atoms with Crippen LogP contribution in [-0.2, 0) is 9.84 Å². The Morgan fingerprint density at radius 1 is 1.11 bits per heavy atom. The summed E-state index contributed by atoms with van der Waals surface area (Å²) in [6.07, 6.45) is 5.51. The fraction of sp³-hybridized carbons (Fsp3) is 0.467. The van der Waals surface area contributed by atoms with Gasteiger partial charge in [0.05, 0.1) is 4.90 Å². The fourth-order valence-electron chi connectivity index (χ4n) is 2.35. The van der Waals surface area contributed by atoms with Crippen molar-refractivity contribution in [3.05, 3.63) is 41.8 Å². The van der Waals surface area contributed by atoms with Crippen LogP contribution in [0.2, 0.25) is 0 Å². The van der Waals surface area contributed by atoms with Crippen LogP contribution < -0.4 is 0 Å². The lowest BCUT2D eigenvalue weighted by atomic mass is 10.1. The molecule has 1 fully saturated rings. The normalized spacial score (nSPS) is 19.6. The first kappa shape index (κ1) is 14.3. The van der Waals surface area contributed by atoms with E-state index in [0.717, 1.165) is 13.1 Å². The first-order chi connectivity index (χ1) is 9.09. The molecule has 0 radical (unpaired) electrons. The van der Waals surface area contributed by atoms with E-state index in [2.05, 4.69) is 11.8 Å². The van der Waals surface area contributed by atoms with Crippen LogP contribution in [0.3, 0.4) is 0 Å². The van der Waals surface area contributed by atoms with E-state index >= 15 is 0 Å². The Morgan fingerprint density at radius 3 is 2.37 bits per heavy atom. The molecule has 1 heterocycles. The molecule has 19 heavy (non-hydrogen) atoms. The summed E-state index contributed by atoms with van der Waals surface area (Å²) >= 11 is 0. The van der Waals surface area contributed by atoms with Gasteiger partial charge in [-0.2, -0.15) is 0 Å². The maximum atomic E-state index is 12.1. The molecule has 1 aliphatic heterocycles. The lowest BCUT2D eigenvalue weighted by Gasteiger charge is -2.30. The van der Waals surface area contributed by atoms with Crippen LogP contribution in [0.1, 0.15) is 26.2 Å². The van der Waals surface area contributed by atoms with Crippen molar-refractivity contribution in [3.8, 4) is 0 Å². The second-order valence-electron chi connectivity index (χ2n) is 5.02. The minimum atomic E-state index is -3.30. The summed E-state index contributed by atoms with van der Waals surface area (Å²) in [7, 11) is -3.30. The molecular formula is C15H21NO2S. The van der Waals surface area contributed by atoms with Gasteiger partial charge in [0.15, 0.2) is 9.84 Å². The van der Waals surface area contributed by atoms with Crippen LogP contribution in [-0.4, -0.2) is 32.4 Å².